The van der Waals surface area contributed by atoms with Gasteiger partial charge < -0.3 is 15.5 Å². The fourth-order valence-corrected chi connectivity index (χ4v) is 5.03. The van der Waals surface area contributed by atoms with E-state index in [9.17, 15) is 0 Å². The molecule has 4 heteroatoms. The lowest BCUT2D eigenvalue weighted by Crippen LogP contribution is -2.50. The Kier molecular flexibility index (Phi) is 6.56. The highest BCUT2D eigenvalue weighted by molar-refractivity contribution is 5.80. The van der Waals surface area contributed by atoms with Gasteiger partial charge in [0.05, 0.1) is 0 Å². The standard InChI is InChI=1S/C24H38N4/c1-2-25-23(26-19-24(14-15-24)18-20-8-4-3-5-9-20)27-21-12-16-28(17-13-21)22-10-6-7-11-22/h3-5,8-9,21-22H,2,6-7,10-19H2,1H3,(H2,25,26,27). The summed E-state index contributed by atoms with van der Waals surface area (Å²) in [5.41, 5.74) is 1.85. The number of nitrogens with one attached hydrogen (secondary N) is 2. The van der Waals surface area contributed by atoms with Crippen molar-refractivity contribution in [3.05, 3.63) is 35.9 Å². The van der Waals surface area contributed by atoms with Gasteiger partial charge in [-0.2, -0.15) is 0 Å². The van der Waals surface area contributed by atoms with Crippen LogP contribution in [0.4, 0.5) is 0 Å². The lowest BCUT2D eigenvalue weighted by molar-refractivity contribution is 0.150. The molecule has 4 rings (SSSR count). The van der Waals surface area contributed by atoms with Crippen molar-refractivity contribution in [2.45, 2.75) is 76.8 Å². The number of guanidine groups is 1. The molecular weight excluding hydrogens is 344 g/mol. The molecule has 1 aromatic rings. The molecule has 28 heavy (non-hydrogen) atoms. The van der Waals surface area contributed by atoms with Crippen LogP contribution >= 0.6 is 0 Å². The van der Waals surface area contributed by atoms with Gasteiger partial charge in [-0.05, 0) is 62.8 Å². The average molecular weight is 383 g/mol. The van der Waals surface area contributed by atoms with Crippen LogP contribution < -0.4 is 10.6 Å². The quantitative estimate of drug-likeness (QED) is 0.554. The molecule has 4 nitrogen and oxygen atoms in total. The first-order valence-corrected chi connectivity index (χ1v) is 11.6. The number of likely N-dealkylation sites (tertiary alicyclic amines) is 1. The Morgan fingerprint density at radius 2 is 1.79 bits per heavy atom. The molecule has 0 atom stereocenters. The van der Waals surface area contributed by atoms with Crippen molar-refractivity contribution in [3.8, 4) is 0 Å². The topological polar surface area (TPSA) is 39.7 Å². The van der Waals surface area contributed by atoms with Crippen molar-refractivity contribution in [1.29, 1.82) is 0 Å². The summed E-state index contributed by atoms with van der Waals surface area (Å²) in [5.74, 6) is 1.03. The van der Waals surface area contributed by atoms with Crippen LogP contribution in [0.3, 0.4) is 0 Å². The van der Waals surface area contributed by atoms with Gasteiger partial charge in [-0.1, -0.05) is 43.2 Å². The van der Waals surface area contributed by atoms with E-state index < -0.39 is 0 Å². The summed E-state index contributed by atoms with van der Waals surface area (Å²) >= 11 is 0. The van der Waals surface area contributed by atoms with E-state index in [-0.39, 0.29) is 0 Å². The first-order valence-electron chi connectivity index (χ1n) is 11.6. The Labute approximate surface area is 171 Å². The molecule has 0 bridgehead atoms. The molecule has 1 aliphatic heterocycles. The van der Waals surface area contributed by atoms with E-state index in [1.807, 2.05) is 0 Å². The van der Waals surface area contributed by atoms with Gasteiger partial charge in [-0.25, -0.2) is 0 Å². The molecule has 2 aliphatic carbocycles. The second kappa shape index (κ2) is 9.30. The number of rotatable bonds is 7. The second-order valence-corrected chi connectivity index (χ2v) is 9.25. The van der Waals surface area contributed by atoms with Crippen molar-refractivity contribution >= 4 is 5.96 Å². The van der Waals surface area contributed by atoms with Crippen molar-refractivity contribution in [2.24, 2.45) is 10.4 Å². The monoisotopic (exact) mass is 382 g/mol. The zero-order chi connectivity index (χ0) is 19.2. The lowest BCUT2D eigenvalue weighted by Gasteiger charge is -2.36. The predicted octanol–water partition coefficient (Wildman–Crippen LogP) is 3.97. The van der Waals surface area contributed by atoms with E-state index in [1.54, 1.807) is 0 Å². The molecule has 0 radical (unpaired) electrons. The molecule has 2 saturated carbocycles. The fourth-order valence-electron chi connectivity index (χ4n) is 5.03. The van der Waals surface area contributed by atoms with Crippen LogP contribution in [0, 0.1) is 5.41 Å². The number of hydrogen-bond acceptors (Lipinski definition) is 2. The van der Waals surface area contributed by atoms with Gasteiger partial charge in [0.25, 0.3) is 0 Å². The molecule has 1 saturated heterocycles. The highest BCUT2D eigenvalue weighted by atomic mass is 15.2. The summed E-state index contributed by atoms with van der Waals surface area (Å²) in [5, 5.41) is 7.23. The van der Waals surface area contributed by atoms with E-state index >= 15 is 0 Å². The first kappa shape index (κ1) is 19.8. The number of piperidine rings is 1. The molecule has 0 unspecified atom stereocenters. The lowest BCUT2D eigenvalue weighted by atomic mass is 9.97. The Balaban J connectivity index is 1.28. The molecule has 0 aromatic heterocycles. The number of benzene rings is 1. The third-order valence-electron chi connectivity index (χ3n) is 7.01. The summed E-state index contributed by atoms with van der Waals surface area (Å²) in [7, 11) is 0. The van der Waals surface area contributed by atoms with Crippen LogP contribution in [0.25, 0.3) is 0 Å². The van der Waals surface area contributed by atoms with Gasteiger partial charge in [-0.3, -0.25) is 4.99 Å². The smallest absolute Gasteiger partial charge is 0.191 e. The normalized spacial score (nSPS) is 23.7. The van der Waals surface area contributed by atoms with Gasteiger partial charge in [0, 0.05) is 38.3 Å². The summed E-state index contributed by atoms with van der Waals surface area (Å²) in [6, 6.07) is 12.4. The predicted molar refractivity (Wildman–Crippen MR) is 118 cm³/mol. The maximum atomic E-state index is 5.02. The Morgan fingerprint density at radius 1 is 1.07 bits per heavy atom. The van der Waals surface area contributed by atoms with Crippen LogP contribution in [-0.2, 0) is 6.42 Å². The minimum Gasteiger partial charge on any atom is -0.357 e. The van der Waals surface area contributed by atoms with Gasteiger partial charge >= 0.3 is 0 Å². The largest absolute Gasteiger partial charge is 0.357 e. The minimum atomic E-state index is 0.398. The van der Waals surface area contributed by atoms with E-state index in [4.69, 9.17) is 4.99 Å². The zero-order valence-corrected chi connectivity index (χ0v) is 17.6. The zero-order valence-electron chi connectivity index (χ0n) is 17.6. The van der Waals surface area contributed by atoms with Crippen LogP contribution in [-0.4, -0.2) is 49.1 Å². The highest BCUT2D eigenvalue weighted by Gasteiger charge is 2.42. The van der Waals surface area contributed by atoms with Crippen molar-refractivity contribution in [1.82, 2.24) is 15.5 Å². The molecule has 1 aromatic carbocycles. The Hall–Kier alpha value is -1.55. The van der Waals surface area contributed by atoms with Crippen LogP contribution in [0.5, 0.6) is 0 Å². The SMILES string of the molecule is CCNC(=NCC1(Cc2ccccc2)CC1)NC1CCN(C2CCCC2)CC1. The summed E-state index contributed by atoms with van der Waals surface area (Å²) in [6.07, 6.45) is 12.0. The van der Waals surface area contributed by atoms with E-state index in [0.717, 1.165) is 31.5 Å². The van der Waals surface area contributed by atoms with Gasteiger partial charge in [0.1, 0.15) is 0 Å². The fraction of sp³-hybridized carbons (Fsp3) is 0.708. The van der Waals surface area contributed by atoms with Crippen molar-refractivity contribution in [3.63, 3.8) is 0 Å². The van der Waals surface area contributed by atoms with E-state index in [1.165, 1.54) is 70.0 Å². The van der Waals surface area contributed by atoms with Crippen LogP contribution in [0.15, 0.2) is 35.3 Å². The number of nitrogens with zero attached hydrogens (tertiary/aromatic N) is 2. The van der Waals surface area contributed by atoms with Crippen LogP contribution in [0.2, 0.25) is 0 Å². The van der Waals surface area contributed by atoms with Crippen LogP contribution in [0.1, 0.15) is 63.9 Å². The molecule has 1 heterocycles. The van der Waals surface area contributed by atoms with Gasteiger partial charge in [0.2, 0.25) is 0 Å². The minimum absolute atomic E-state index is 0.398. The van der Waals surface area contributed by atoms with Gasteiger partial charge in [0.15, 0.2) is 5.96 Å². The van der Waals surface area contributed by atoms with Crippen molar-refractivity contribution < 1.29 is 0 Å². The van der Waals surface area contributed by atoms with Crippen molar-refractivity contribution in [2.75, 3.05) is 26.2 Å². The summed E-state index contributed by atoms with van der Waals surface area (Å²) < 4.78 is 0. The average Bonchev–Trinajstić information content (AvgIpc) is 3.26. The molecule has 154 valence electrons. The number of aliphatic imine (C=N–C) groups is 1. The molecular formula is C24H38N4. The summed E-state index contributed by atoms with van der Waals surface area (Å²) in [4.78, 5) is 7.76. The molecule has 0 spiro atoms. The molecule has 3 fully saturated rings. The van der Waals surface area contributed by atoms with Gasteiger partial charge in [-0.15, -0.1) is 0 Å². The molecule has 0 amide bonds. The molecule has 2 N–H and O–H groups in total. The van der Waals surface area contributed by atoms with E-state index in [0.29, 0.717) is 11.5 Å². The Bertz CT molecular complexity index is 623. The number of hydrogen-bond donors (Lipinski definition) is 2. The maximum Gasteiger partial charge on any atom is 0.191 e. The highest BCUT2D eigenvalue weighted by Crippen LogP contribution is 2.48. The molecule has 3 aliphatic rings. The third kappa shape index (κ3) is 5.28. The Morgan fingerprint density at radius 3 is 2.43 bits per heavy atom. The van der Waals surface area contributed by atoms with E-state index in [2.05, 4.69) is 52.8 Å². The summed E-state index contributed by atoms with van der Waals surface area (Å²) in [6.45, 7) is 6.53. The first-order chi connectivity index (χ1) is 13.8. The second-order valence-electron chi connectivity index (χ2n) is 9.25. The maximum absolute atomic E-state index is 5.02. The third-order valence-corrected chi connectivity index (χ3v) is 7.01.